The Morgan fingerprint density at radius 3 is 2.51 bits per heavy atom. The molecule has 1 N–H and O–H groups in total. The second-order valence-electron chi connectivity index (χ2n) is 9.13. The van der Waals surface area contributed by atoms with Crippen molar-refractivity contribution >= 4 is 16.9 Å². The van der Waals surface area contributed by atoms with Crippen LogP contribution in [0, 0.1) is 0 Å². The van der Waals surface area contributed by atoms with E-state index in [9.17, 15) is 4.79 Å². The third-order valence-corrected chi connectivity index (χ3v) is 6.57. The van der Waals surface area contributed by atoms with E-state index in [0.29, 0.717) is 24.5 Å². The standard InChI is InChI=1S/C31H37N3O3/c1-3-24-17-19-25(20-18-24)37-23-11-22-34-28-14-8-7-13-27(28)33-30(34)16-5-4-10-21-32-31(35)26-12-6-9-15-29(26)36-2/h6-9,12-15,17-20H,3-5,10-11,16,21-23H2,1-2H3,(H,32,35). The summed E-state index contributed by atoms with van der Waals surface area (Å²) < 4.78 is 13.6. The van der Waals surface area contributed by atoms with Crippen molar-refractivity contribution in [3.05, 3.63) is 89.7 Å². The van der Waals surface area contributed by atoms with Gasteiger partial charge in [0, 0.05) is 19.5 Å². The Morgan fingerprint density at radius 1 is 0.919 bits per heavy atom. The number of rotatable bonds is 14. The minimum atomic E-state index is -0.0947. The molecule has 0 aliphatic rings. The van der Waals surface area contributed by atoms with Crippen molar-refractivity contribution in [3.8, 4) is 11.5 Å². The molecular weight excluding hydrogens is 462 g/mol. The summed E-state index contributed by atoms with van der Waals surface area (Å²) in [6.07, 6.45) is 5.83. The van der Waals surface area contributed by atoms with Crippen LogP contribution >= 0.6 is 0 Å². The first kappa shape index (κ1) is 26.3. The molecule has 0 fully saturated rings. The fourth-order valence-corrected chi connectivity index (χ4v) is 4.51. The Kier molecular flexibility index (Phi) is 9.58. The molecular formula is C31H37N3O3. The van der Waals surface area contributed by atoms with Gasteiger partial charge in [0.25, 0.3) is 5.91 Å². The molecule has 0 aliphatic heterocycles. The molecule has 0 unspecified atom stereocenters. The average Bonchev–Trinajstić information content (AvgIpc) is 3.30. The van der Waals surface area contributed by atoms with E-state index in [2.05, 4.69) is 59.3 Å². The molecule has 1 heterocycles. The number of amides is 1. The molecule has 0 spiro atoms. The number of methoxy groups -OCH3 is 1. The number of aromatic nitrogens is 2. The van der Waals surface area contributed by atoms with Crippen LogP contribution in [0.1, 0.15) is 54.4 Å². The van der Waals surface area contributed by atoms with Crippen molar-refractivity contribution in [2.24, 2.45) is 0 Å². The summed E-state index contributed by atoms with van der Waals surface area (Å²) in [5, 5.41) is 3.01. The first-order valence-electron chi connectivity index (χ1n) is 13.3. The number of hydrogen-bond donors (Lipinski definition) is 1. The highest BCUT2D eigenvalue weighted by Crippen LogP contribution is 2.20. The molecule has 1 aromatic heterocycles. The molecule has 0 saturated heterocycles. The number of unbranched alkanes of at least 4 members (excludes halogenated alkanes) is 2. The molecule has 6 nitrogen and oxygen atoms in total. The minimum absolute atomic E-state index is 0.0947. The molecule has 0 atom stereocenters. The highest BCUT2D eigenvalue weighted by atomic mass is 16.5. The van der Waals surface area contributed by atoms with Gasteiger partial charge in [0.2, 0.25) is 0 Å². The number of imidazole rings is 1. The van der Waals surface area contributed by atoms with E-state index in [-0.39, 0.29) is 5.91 Å². The van der Waals surface area contributed by atoms with Crippen LogP contribution in [0.15, 0.2) is 72.8 Å². The van der Waals surface area contributed by atoms with Crippen molar-refractivity contribution in [3.63, 3.8) is 0 Å². The SMILES string of the molecule is CCc1ccc(OCCCn2c(CCCCCNC(=O)c3ccccc3OC)nc3ccccc32)cc1. The number of aryl methyl sites for hydroxylation is 3. The summed E-state index contributed by atoms with van der Waals surface area (Å²) in [5.74, 6) is 2.54. The summed E-state index contributed by atoms with van der Waals surface area (Å²) in [6, 6.07) is 24.0. The summed E-state index contributed by atoms with van der Waals surface area (Å²) in [6.45, 7) is 4.34. The van der Waals surface area contributed by atoms with Gasteiger partial charge in [-0.05, 0) is 67.6 Å². The van der Waals surface area contributed by atoms with Gasteiger partial charge in [-0.1, -0.05) is 49.7 Å². The molecule has 37 heavy (non-hydrogen) atoms. The average molecular weight is 500 g/mol. The lowest BCUT2D eigenvalue weighted by Crippen LogP contribution is -2.24. The fraction of sp³-hybridized carbons (Fsp3) is 0.355. The molecule has 0 bridgehead atoms. The third kappa shape index (κ3) is 7.13. The monoisotopic (exact) mass is 499 g/mol. The van der Waals surface area contributed by atoms with Gasteiger partial charge >= 0.3 is 0 Å². The van der Waals surface area contributed by atoms with E-state index in [0.717, 1.165) is 62.2 Å². The van der Waals surface area contributed by atoms with Crippen LogP contribution in [0.25, 0.3) is 11.0 Å². The number of carbonyl (C=O) groups excluding carboxylic acids is 1. The Bertz CT molecular complexity index is 1280. The lowest BCUT2D eigenvalue weighted by atomic mass is 10.1. The van der Waals surface area contributed by atoms with Crippen LogP contribution in [-0.2, 0) is 19.4 Å². The summed E-state index contributed by atoms with van der Waals surface area (Å²) in [4.78, 5) is 17.4. The van der Waals surface area contributed by atoms with Crippen molar-refractivity contribution in [2.75, 3.05) is 20.3 Å². The van der Waals surface area contributed by atoms with E-state index >= 15 is 0 Å². The molecule has 194 valence electrons. The number of hydrogen-bond acceptors (Lipinski definition) is 4. The highest BCUT2D eigenvalue weighted by Gasteiger charge is 2.12. The fourth-order valence-electron chi connectivity index (χ4n) is 4.51. The van der Waals surface area contributed by atoms with Gasteiger partial charge < -0.3 is 19.4 Å². The van der Waals surface area contributed by atoms with Crippen molar-refractivity contribution in [2.45, 2.75) is 52.0 Å². The number of fused-ring (bicyclic) bond motifs is 1. The summed E-state index contributed by atoms with van der Waals surface area (Å²) >= 11 is 0. The van der Waals surface area contributed by atoms with Crippen molar-refractivity contribution in [1.29, 1.82) is 0 Å². The number of carbonyl (C=O) groups is 1. The maximum absolute atomic E-state index is 12.5. The predicted molar refractivity (Wildman–Crippen MR) is 149 cm³/mol. The van der Waals surface area contributed by atoms with Gasteiger partial charge in [0.15, 0.2) is 0 Å². The van der Waals surface area contributed by atoms with E-state index in [1.165, 1.54) is 11.1 Å². The zero-order valence-electron chi connectivity index (χ0n) is 21.9. The molecule has 3 aromatic carbocycles. The number of benzene rings is 3. The molecule has 0 saturated carbocycles. The number of para-hydroxylation sites is 3. The third-order valence-electron chi connectivity index (χ3n) is 6.57. The maximum Gasteiger partial charge on any atom is 0.255 e. The topological polar surface area (TPSA) is 65.4 Å². The van der Waals surface area contributed by atoms with Gasteiger partial charge in [-0.3, -0.25) is 4.79 Å². The molecule has 1 amide bonds. The molecule has 0 radical (unpaired) electrons. The van der Waals surface area contributed by atoms with E-state index in [1.807, 2.05) is 18.2 Å². The largest absolute Gasteiger partial charge is 0.496 e. The van der Waals surface area contributed by atoms with Crippen molar-refractivity contribution < 1.29 is 14.3 Å². The highest BCUT2D eigenvalue weighted by molar-refractivity contribution is 5.96. The van der Waals surface area contributed by atoms with Gasteiger partial charge in [0.1, 0.15) is 17.3 Å². The minimum Gasteiger partial charge on any atom is -0.496 e. The summed E-state index contributed by atoms with van der Waals surface area (Å²) in [7, 11) is 1.58. The Balaban J connectivity index is 1.24. The molecule has 4 aromatic rings. The van der Waals surface area contributed by atoms with Crippen LogP contribution in [0.3, 0.4) is 0 Å². The first-order valence-corrected chi connectivity index (χ1v) is 13.3. The normalized spacial score (nSPS) is 11.0. The zero-order chi connectivity index (χ0) is 25.9. The van der Waals surface area contributed by atoms with Crippen LogP contribution in [0.4, 0.5) is 0 Å². The van der Waals surface area contributed by atoms with Crippen LogP contribution in [-0.4, -0.2) is 35.7 Å². The lowest BCUT2D eigenvalue weighted by molar-refractivity contribution is 0.0950. The first-order chi connectivity index (χ1) is 18.2. The molecule has 6 heteroatoms. The number of nitrogens with zero attached hydrogens (tertiary/aromatic N) is 2. The van der Waals surface area contributed by atoms with E-state index < -0.39 is 0 Å². The number of ether oxygens (including phenoxy) is 2. The summed E-state index contributed by atoms with van der Waals surface area (Å²) in [5.41, 5.74) is 4.10. The second kappa shape index (κ2) is 13.5. The van der Waals surface area contributed by atoms with Gasteiger partial charge in [0.05, 0.1) is 30.3 Å². The Hall–Kier alpha value is -3.80. The number of nitrogens with one attached hydrogen (secondary N) is 1. The molecule has 0 aliphatic carbocycles. The van der Waals surface area contributed by atoms with Gasteiger partial charge in [-0.15, -0.1) is 0 Å². The Morgan fingerprint density at radius 2 is 1.70 bits per heavy atom. The van der Waals surface area contributed by atoms with Gasteiger partial charge in [-0.2, -0.15) is 0 Å². The zero-order valence-corrected chi connectivity index (χ0v) is 21.9. The quantitative estimate of drug-likeness (QED) is 0.209. The van der Waals surface area contributed by atoms with Crippen LogP contribution in [0.5, 0.6) is 11.5 Å². The van der Waals surface area contributed by atoms with E-state index in [4.69, 9.17) is 14.5 Å². The van der Waals surface area contributed by atoms with E-state index in [1.54, 1.807) is 19.2 Å². The maximum atomic E-state index is 12.5. The van der Waals surface area contributed by atoms with Gasteiger partial charge in [-0.25, -0.2) is 4.98 Å². The Labute approximate surface area is 219 Å². The predicted octanol–water partition coefficient (Wildman–Crippen LogP) is 6.22. The van der Waals surface area contributed by atoms with Crippen LogP contribution in [0.2, 0.25) is 0 Å². The smallest absolute Gasteiger partial charge is 0.255 e. The van der Waals surface area contributed by atoms with Crippen molar-refractivity contribution in [1.82, 2.24) is 14.9 Å². The van der Waals surface area contributed by atoms with Crippen LogP contribution < -0.4 is 14.8 Å². The molecule has 4 rings (SSSR count). The lowest BCUT2D eigenvalue weighted by Gasteiger charge is -2.11. The second-order valence-corrected chi connectivity index (χ2v) is 9.13.